The van der Waals surface area contributed by atoms with Gasteiger partial charge in [0.1, 0.15) is 5.82 Å². The zero-order chi connectivity index (χ0) is 22.0. The van der Waals surface area contributed by atoms with E-state index in [0.29, 0.717) is 16.5 Å². The number of fused-ring (bicyclic) bond motifs is 3. The second-order valence-electron chi connectivity index (χ2n) is 9.57. The molecule has 0 spiro atoms. The van der Waals surface area contributed by atoms with Gasteiger partial charge in [-0.3, -0.25) is 4.79 Å². The lowest BCUT2D eigenvalue weighted by atomic mass is 9.59. The summed E-state index contributed by atoms with van der Waals surface area (Å²) in [6.45, 7) is 4.09. The number of aromatic amines is 1. The van der Waals surface area contributed by atoms with Crippen molar-refractivity contribution in [2.45, 2.75) is 24.8 Å². The van der Waals surface area contributed by atoms with E-state index in [9.17, 15) is 9.18 Å². The number of nitrogen functional groups attached to an aromatic ring is 1. The molecule has 1 aromatic heterocycles. The van der Waals surface area contributed by atoms with Gasteiger partial charge < -0.3 is 25.8 Å². The molecule has 1 aliphatic carbocycles. The second-order valence-corrected chi connectivity index (χ2v) is 9.57. The molecule has 0 bridgehead atoms. The van der Waals surface area contributed by atoms with Crippen LogP contribution in [0.25, 0.3) is 10.9 Å². The fourth-order valence-electron chi connectivity index (χ4n) is 5.87. The minimum absolute atomic E-state index is 0.225. The Bertz CT molecular complexity index is 1280. The van der Waals surface area contributed by atoms with Crippen LogP contribution in [0, 0.1) is 11.7 Å². The van der Waals surface area contributed by atoms with Gasteiger partial charge in [0.15, 0.2) is 0 Å². The van der Waals surface area contributed by atoms with Crippen LogP contribution in [0.4, 0.5) is 21.5 Å². The number of halogens is 1. The monoisotopic (exact) mass is 433 g/mol. The average Bonchev–Trinajstić information content (AvgIpc) is 2.76. The molecule has 7 heteroatoms. The number of benzene rings is 2. The minimum atomic E-state index is -0.554. The quantitative estimate of drug-likeness (QED) is 0.578. The number of nitrogens with one attached hydrogen (secondary N) is 2. The number of hydrogen-bond donors (Lipinski definition) is 3. The molecule has 6 rings (SSSR count). The molecular formula is C25H28FN5O. The molecule has 3 heterocycles. The highest BCUT2D eigenvalue weighted by molar-refractivity contribution is 5.93. The molecule has 2 fully saturated rings. The van der Waals surface area contributed by atoms with Crippen molar-refractivity contribution < 1.29 is 4.39 Å². The van der Waals surface area contributed by atoms with Crippen LogP contribution in [0.1, 0.15) is 24.0 Å². The Morgan fingerprint density at radius 2 is 1.97 bits per heavy atom. The van der Waals surface area contributed by atoms with Crippen molar-refractivity contribution in [2.24, 2.45) is 5.92 Å². The third kappa shape index (κ3) is 2.77. The third-order valence-electron chi connectivity index (χ3n) is 7.84. The van der Waals surface area contributed by atoms with Crippen molar-refractivity contribution >= 4 is 28.0 Å². The molecule has 1 saturated carbocycles. The van der Waals surface area contributed by atoms with Crippen molar-refractivity contribution in [3.05, 3.63) is 63.7 Å². The maximum atomic E-state index is 14.7. The first-order valence-electron chi connectivity index (χ1n) is 11.4. The Morgan fingerprint density at radius 3 is 2.72 bits per heavy atom. The molecule has 2 atom stereocenters. The predicted molar refractivity (Wildman–Crippen MR) is 127 cm³/mol. The summed E-state index contributed by atoms with van der Waals surface area (Å²) in [6.07, 6.45) is 2.71. The molecule has 3 aliphatic rings. The number of nitrogens with two attached hydrogens (primary N) is 1. The zero-order valence-corrected chi connectivity index (χ0v) is 18.2. The molecule has 0 amide bonds. The fourth-order valence-corrected chi connectivity index (χ4v) is 5.87. The summed E-state index contributed by atoms with van der Waals surface area (Å²) in [5.41, 5.74) is 10.4. The first-order chi connectivity index (χ1) is 15.5. The van der Waals surface area contributed by atoms with Crippen LogP contribution in [0.3, 0.4) is 0 Å². The summed E-state index contributed by atoms with van der Waals surface area (Å²) >= 11 is 0. The molecule has 2 unspecified atom stereocenters. The van der Waals surface area contributed by atoms with Crippen LogP contribution in [-0.4, -0.2) is 43.1 Å². The number of nitrogens with zero attached hydrogens (tertiary/aromatic N) is 2. The number of rotatable bonds is 2. The summed E-state index contributed by atoms with van der Waals surface area (Å²) in [5, 5.41) is 4.03. The number of hydrogen-bond acceptors (Lipinski definition) is 5. The van der Waals surface area contributed by atoms with E-state index in [1.807, 2.05) is 0 Å². The first-order valence-corrected chi connectivity index (χ1v) is 11.4. The van der Waals surface area contributed by atoms with Gasteiger partial charge in [0.25, 0.3) is 5.56 Å². The Hall–Kier alpha value is -3.06. The molecule has 166 valence electrons. The zero-order valence-electron chi connectivity index (χ0n) is 18.2. The van der Waals surface area contributed by atoms with E-state index in [4.69, 9.17) is 5.73 Å². The van der Waals surface area contributed by atoms with Gasteiger partial charge >= 0.3 is 0 Å². The number of pyridine rings is 1. The van der Waals surface area contributed by atoms with Gasteiger partial charge in [-0.05, 0) is 62.1 Å². The number of aromatic nitrogens is 1. The molecule has 32 heavy (non-hydrogen) atoms. The van der Waals surface area contributed by atoms with Crippen molar-refractivity contribution in [3.63, 3.8) is 0 Å². The highest BCUT2D eigenvalue weighted by Crippen LogP contribution is 2.55. The van der Waals surface area contributed by atoms with E-state index in [1.165, 1.54) is 17.3 Å². The second kappa shape index (κ2) is 6.97. The van der Waals surface area contributed by atoms with Gasteiger partial charge in [0.05, 0.1) is 27.7 Å². The summed E-state index contributed by atoms with van der Waals surface area (Å²) < 4.78 is 14.7. The van der Waals surface area contributed by atoms with E-state index in [-0.39, 0.29) is 17.2 Å². The van der Waals surface area contributed by atoms with Gasteiger partial charge in [0, 0.05) is 37.6 Å². The normalized spacial score (nSPS) is 25.1. The molecular weight excluding hydrogens is 405 g/mol. The first kappa shape index (κ1) is 19.6. The third-order valence-corrected chi connectivity index (χ3v) is 7.84. The van der Waals surface area contributed by atoms with Crippen LogP contribution >= 0.6 is 0 Å². The summed E-state index contributed by atoms with van der Waals surface area (Å²) in [5.74, 6) is -0.143. The molecule has 2 aliphatic heterocycles. The Balaban J connectivity index is 1.43. The topological polar surface area (TPSA) is 77.4 Å². The lowest BCUT2D eigenvalue weighted by Gasteiger charge is -2.54. The molecule has 0 radical (unpaired) electrons. The average molecular weight is 434 g/mol. The fraction of sp³-hybridized carbons (Fsp3) is 0.400. The molecule has 6 nitrogen and oxygen atoms in total. The summed E-state index contributed by atoms with van der Waals surface area (Å²) in [6, 6.07) is 11.3. The largest absolute Gasteiger partial charge is 0.398 e. The van der Waals surface area contributed by atoms with Gasteiger partial charge in [-0.25, -0.2) is 4.39 Å². The maximum Gasteiger partial charge on any atom is 0.256 e. The smallest absolute Gasteiger partial charge is 0.256 e. The number of piperazine rings is 1. The van der Waals surface area contributed by atoms with E-state index in [0.717, 1.165) is 51.1 Å². The highest BCUT2D eigenvalue weighted by Gasteiger charge is 2.53. The van der Waals surface area contributed by atoms with Crippen molar-refractivity contribution in [1.82, 2.24) is 9.88 Å². The molecule has 4 N–H and O–H groups in total. The molecule has 2 aromatic carbocycles. The van der Waals surface area contributed by atoms with Crippen LogP contribution in [0.2, 0.25) is 0 Å². The van der Waals surface area contributed by atoms with Gasteiger partial charge in [0.2, 0.25) is 0 Å². The number of H-pyrrole nitrogens is 1. The van der Waals surface area contributed by atoms with Crippen LogP contribution in [0.5, 0.6) is 0 Å². The number of likely N-dealkylation sites (N-methyl/N-ethyl adjacent to an activating group) is 1. The Kier molecular flexibility index (Phi) is 4.27. The van der Waals surface area contributed by atoms with Crippen molar-refractivity contribution in [3.8, 4) is 0 Å². The Labute approximate surface area is 186 Å². The summed E-state index contributed by atoms with van der Waals surface area (Å²) in [4.78, 5) is 20.8. The predicted octanol–water partition coefficient (Wildman–Crippen LogP) is 3.27. The minimum Gasteiger partial charge on any atom is -0.398 e. The van der Waals surface area contributed by atoms with E-state index < -0.39 is 11.4 Å². The van der Waals surface area contributed by atoms with E-state index >= 15 is 0 Å². The highest BCUT2D eigenvalue weighted by atomic mass is 19.1. The number of anilines is 3. The molecule has 1 saturated heterocycles. The van der Waals surface area contributed by atoms with E-state index in [2.05, 4.69) is 45.3 Å². The maximum absolute atomic E-state index is 14.7. The lowest BCUT2D eigenvalue weighted by molar-refractivity contribution is 0.141. The van der Waals surface area contributed by atoms with Gasteiger partial charge in [-0.1, -0.05) is 12.1 Å². The SMILES string of the molecule is CN1CCN(c2ccc3c(c2)NC2(c4c(N)c5c(F)cccc5[nH]c4=O)CCC2C3)CC1. The van der Waals surface area contributed by atoms with Gasteiger partial charge in [-0.2, -0.15) is 0 Å². The Morgan fingerprint density at radius 1 is 1.16 bits per heavy atom. The lowest BCUT2D eigenvalue weighted by Crippen LogP contribution is -2.56. The van der Waals surface area contributed by atoms with Crippen LogP contribution < -0.4 is 21.5 Å². The van der Waals surface area contributed by atoms with Crippen molar-refractivity contribution in [2.75, 3.05) is 49.2 Å². The van der Waals surface area contributed by atoms with Gasteiger partial charge in [-0.15, -0.1) is 0 Å². The standard InChI is InChI=1S/C25H28FN5O/c1-30-9-11-31(12-10-30)17-6-5-15-13-16-7-8-25(16,29-20(15)14-17)22-23(27)21-18(26)3-2-4-19(21)28-24(22)32/h2-6,14,16,29H,7-13H2,1H3,(H3,27,28,32). The van der Waals surface area contributed by atoms with Crippen molar-refractivity contribution in [1.29, 1.82) is 0 Å². The molecule has 3 aromatic rings. The van der Waals surface area contributed by atoms with Crippen LogP contribution in [0.15, 0.2) is 41.2 Å². The van der Waals surface area contributed by atoms with Crippen LogP contribution in [-0.2, 0) is 12.0 Å². The summed E-state index contributed by atoms with van der Waals surface area (Å²) in [7, 11) is 2.15. The van der Waals surface area contributed by atoms with E-state index in [1.54, 1.807) is 12.1 Å².